The zero-order valence-corrected chi connectivity index (χ0v) is 16.4. The maximum absolute atomic E-state index is 12.6. The molecule has 1 aliphatic rings. The van der Waals surface area contributed by atoms with Crippen molar-refractivity contribution in [2.75, 3.05) is 55.8 Å². The van der Waals surface area contributed by atoms with E-state index in [0.29, 0.717) is 27.7 Å². The molecule has 0 saturated carbocycles. The molecule has 2 aromatic carbocycles. The van der Waals surface area contributed by atoms with Crippen LogP contribution in [0.4, 0.5) is 17.1 Å². The lowest BCUT2D eigenvalue weighted by molar-refractivity contribution is 0.102. The molecule has 0 unspecified atom stereocenters. The Labute approximate surface area is 164 Å². The predicted molar refractivity (Wildman–Crippen MR) is 111 cm³/mol. The number of piperazine rings is 1. The van der Waals surface area contributed by atoms with Crippen LogP contribution in [0, 0.1) is 0 Å². The standard InChI is InChI=1S/C20H25ClN4O2/c1-3-24-8-10-25(11-9-24)19-13-18(16(21)12-17(19)22)23-20(26)14-4-6-15(27-2)7-5-14/h4-7,12-13H,3,8-11,22H2,1-2H3,(H,23,26). The molecule has 1 aliphatic heterocycles. The van der Waals surface area contributed by atoms with Crippen LogP contribution in [0.15, 0.2) is 36.4 Å². The average molecular weight is 389 g/mol. The number of amides is 1. The SMILES string of the molecule is CCN1CCN(c2cc(NC(=O)c3ccc(OC)cc3)c(Cl)cc2N)CC1. The number of methoxy groups -OCH3 is 1. The summed E-state index contributed by atoms with van der Waals surface area (Å²) in [5.74, 6) is 0.469. The first-order valence-corrected chi connectivity index (χ1v) is 9.41. The van der Waals surface area contributed by atoms with Gasteiger partial charge >= 0.3 is 0 Å². The van der Waals surface area contributed by atoms with Crippen LogP contribution < -0.4 is 20.7 Å². The Morgan fingerprint density at radius 3 is 2.44 bits per heavy atom. The highest BCUT2D eigenvalue weighted by atomic mass is 35.5. The maximum Gasteiger partial charge on any atom is 0.255 e. The number of carbonyl (C=O) groups excluding carboxylic acids is 1. The molecule has 0 aromatic heterocycles. The van der Waals surface area contributed by atoms with E-state index in [1.807, 2.05) is 6.07 Å². The monoisotopic (exact) mass is 388 g/mol. The Hall–Kier alpha value is -2.44. The van der Waals surface area contributed by atoms with Crippen molar-refractivity contribution in [3.63, 3.8) is 0 Å². The van der Waals surface area contributed by atoms with E-state index in [-0.39, 0.29) is 5.91 Å². The third-order valence-corrected chi connectivity index (χ3v) is 5.19. The van der Waals surface area contributed by atoms with E-state index in [1.54, 1.807) is 37.4 Å². The second-order valence-corrected chi connectivity index (χ2v) is 6.90. The van der Waals surface area contributed by atoms with Crippen LogP contribution >= 0.6 is 11.6 Å². The van der Waals surface area contributed by atoms with E-state index in [9.17, 15) is 4.79 Å². The molecule has 1 fully saturated rings. The van der Waals surface area contributed by atoms with Crippen molar-refractivity contribution in [2.45, 2.75) is 6.92 Å². The molecule has 144 valence electrons. The van der Waals surface area contributed by atoms with E-state index in [2.05, 4.69) is 22.0 Å². The molecule has 2 aromatic rings. The van der Waals surface area contributed by atoms with Crippen LogP contribution in [0.5, 0.6) is 5.75 Å². The zero-order chi connectivity index (χ0) is 19.4. The Kier molecular flexibility index (Phi) is 6.08. The largest absolute Gasteiger partial charge is 0.497 e. The number of anilines is 3. The van der Waals surface area contributed by atoms with Gasteiger partial charge in [0.25, 0.3) is 5.91 Å². The van der Waals surface area contributed by atoms with Crippen molar-refractivity contribution < 1.29 is 9.53 Å². The number of carbonyl (C=O) groups is 1. The Bertz CT molecular complexity index is 802. The summed E-state index contributed by atoms with van der Waals surface area (Å²) in [5.41, 5.74) is 8.80. The van der Waals surface area contributed by atoms with Crippen LogP contribution in [0.25, 0.3) is 0 Å². The van der Waals surface area contributed by atoms with E-state index in [0.717, 1.165) is 38.4 Å². The fourth-order valence-corrected chi connectivity index (χ4v) is 3.41. The lowest BCUT2D eigenvalue weighted by atomic mass is 10.1. The van der Waals surface area contributed by atoms with Crippen LogP contribution in [0.3, 0.4) is 0 Å². The van der Waals surface area contributed by atoms with E-state index in [4.69, 9.17) is 22.1 Å². The second-order valence-electron chi connectivity index (χ2n) is 6.49. The minimum atomic E-state index is -0.230. The first-order valence-electron chi connectivity index (χ1n) is 9.03. The summed E-state index contributed by atoms with van der Waals surface area (Å²) in [6, 6.07) is 10.5. The van der Waals surface area contributed by atoms with Gasteiger partial charge in [-0.1, -0.05) is 18.5 Å². The number of ether oxygens (including phenoxy) is 1. The summed E-state index contributed by atoms with van der Waals surface area (Å²) in [4.78, 5) is 17.2. The number of nitrogens with one attached hydrogen (secondary N) is 1. The highest BCUT2D eigenvalue weighted by Crippen LogP contribution is 2.34. The molecule has 1 heterocycles. The van der Waals surface area contributed by atoms with Gasteiger partial charge in [-0.2, -0.15) is 0 Å². The van der Waals surface area contributed by atoms with Crippen molar-refractivity contribution in [3.05, 3.63) is 47.0 Å². The van der Waals surface area contributed by atoms with E-state index >= 15 is 0 Å². The molecule has 27 heavy (non-hydrogen) atoms. The molecule has 7 heteroatoms. The number of nitrogen functional groups attached to an aromatic ring is 1. The highest BCUT2D eigenvalue weighted by molar-refractivity contribution is 6.34. The Balaban J connectivity index is 1.78. The van der Waals surface area contributed by atoms with Gasteiger partial charge in [-0.3, -0.25) is 4.79 Å². The lowest BCUT2D eigenvalue weighted by Crippen LogP contribution is -2.46. The molecule has 0 radical (unpaired) electrons. The van der Waals surface area contributed by atoms with Crippen molar-refractivity contribution in [1.29, 1.82) is 0 Å². The Morgan fingerprint density at radius 2 is 1.85 bits per heavy atom. The third kappa shape index (κ3) is 4.46. The topological polar surface area (TPSA) is 70.8 Å². The molecule has 0 spiro atoms. The summed E-state index contributed by atoms with van der Waals surface area (Å²) < 4.78 is 5.12. The number of hydrogen-bond donors (Lipinski definition) is 2. The second kappa shape index (κ2) is 8.50. The predicted octanol–water partition coefficient (Wildman–Crippen LogP) is 3.33. The van der Waals surface area contributed by atoms with E-state index in [1.165, 1.54) is 0 Å². The molecular formula is C20H25ClN4O2. The van der Waals surface area contributed by atoms with Crippen LogP contribution in [0.1, 0.15) is 17.3 Å². The smallest absolute Gasteiger partial charge is 0.255 e. The number of halogens is 1. The average Bonchev–Trinajstić information content (AvgIpc) is 2.70. The van der Waals surface area contributed by atoms with Crippen molar-refractivity contribution in [1.82, 2.24) is 4.90 Å². The Morgan fingerprint density at radius 1 is 1.19 bits per heavy atom. The van der Waals surface area contributed by atoms with Gasteiger partial charge in [-0.05, 0) is 42.9 Å². The molecule has 1 saturated heterocycles. The van der Waals surface area contributed by atoms with Crippen molar-refractivity contribution in [3.8, 4) is 5.75 Å². The van der Waals surface area contributed by atoms with Crippen molar-refractivity contribution in [2.24, 2.45) is 0 Å². The van der Waals surface area contributed by atoms with Crippen molar-refractivity contribution >= 4 is 34.6 Å². The van der Waals surface area contributed by atoms with Gasteiger partial charge in [-0.15, -0.1) is 0 Å². The first-order chi connectivity index (χ1) is 13.0. The zero-order valence-electron chi connectivity index (χ0n) is 15.7. The van der Waals surface area contributed by atoms with Gasteiger partial charge in [0, 0.05) is 31.7 Å². The number of benzene rings is 2. The summed E-state index contributed by atoms with van der Waals surface area (Å²) >= 11 is 6.32. The van der Waals surface area contributed by atoms with E-state index < -0.39 is 0 Å². The molecule has 0 aliphatic carbocycles. The summed E-state index contributed by atoms with van der Waals surface area (Å²) in [5, 5.41) is 3.31. The van der Waals surface area contributed by atoms with Gasteiger partial charge in [0.2, 0.25) is 0 Å². The van der Waals surface area contributed by atoms with Gasteiger partial charge in [0.1, 0.15) is 5.75 Å². The first kappa shape index (κ1) is 19.3. The summed E-state index contributed by atoms with van der Waals surface area (Å²) in [6.45, 7) is 6.99. The molecule has 1 amide bonds. The molecular weight excluding hydrogens is 364 g/mol. The fraction of sp³-hybridized carbons (Fsp3) is 0.350. The number of likely N-dealkylation sites (N-methyl/N-ethyl adjacent to an activating group) is 1. The molecule has 6 nitrogen and oxygen atoms in total. The molecule has 0 bridgehead atoms. The molecule has 3 N–H and O–H groups in total. The number of nitrogens with two attached hydrogens (primary N) is 1. The summed E-state index contributed by atoms with van der Waals surface area (Å²) in [6.07, 6.45) is 0. The van der Waals surface area contributed by atoms with Gasteiger partial charge in [0.15, 0.2) is 0 Å². The number of hydrogen-bond acceptors (Lipinski definition) is 5. The molecule has 0 atom stereocenters. The highest BCUT2D eigenvalue weighted by Gasteiger charge is 2.20. The van der Waals surface area contributed by atoms with Crippen LogP contribution in [-0.2, 0) is 0 Å². The van der Waals surface area contributed by atoms with Crippen LogP contribution in [0.2, 0.25) is 5.02 Å². The van der Waals surface area contributed by atoms with Gasteiger partial charge in [0.05, 0.1) is 29.2 Å². The summed E-state index contributed by atoms with van der Waals surface area (Å²) in [7, 11) is 1.59. The number of nitrogens with zero attached hydrogens (tertiary/aromatic N) is 2. The van der Waals surface area contributed by atoms with Gasteiger partial charge < -0.3 is 25.6 Å². The fourth-order valence-electron chi connectivity index (χ4n) is 3.19. The third-order valence-electron chi connectivity index (χ3n) is 4.88. The minimum Gasteiger partial charge on any atom is -0.497 e. The lowest BCUT2D eigenvalue weighted by Gasteiger charge is -2.36. The quantitative estimate of drug-likeness (QED) is 0.769. The normalized spacial score (nSPS) is 14.9. The van der Waals surface area contributed by atoms with Gasteiger partial charge in [-0.25, -0.2) is 0 Å². The maximum atomic E-state index is 12.6. The number of rotatable bonds is 5. The van der Waals surface area contributed by atoms with Crippen LogP contribution in [-0.4, -0.2) is 50.6 Å². The minimum absolute atomic E-state index is 0.230. The molecule has 3 rings (SSSR count).